The van der Waals surface area contributed by atoms with E-state index in [4.69, 9.17) is 5.21 Å². The van der Waals surface area contributed by atoms with Gasteiger partial charge in [0.05, 0.1) is 5.56 Å². The van der Waals surface area contributed by atoms with E-state index in [0.717, 1.165) is 9.26 Å². The summed E-state index contributed by atoms with van der Waals surface area (Å²) in [6.07, 6.45) is 0. The predicted molar refractivity (Wildman–Crippen MR) is 109 cm³/mol. The van der Waals surface area contributed by atoms with Crippen molar-refractivity contribution in [3.05, 3.63) is 99.6 Å². The van der Waals surface area contributed by atoms with Gasteiger partial charge in [-0.15, -0.1) is 0 Å². The second-order valence-corrected chi connectivity index (χ2v) is 6.27. The molecule has 5 nitrogen and oxygen atoms in total. The molecule has 2 amide bonds. The third-order valence-electron chi connectivity index (χ3n) is 3.29. The summed E-state index contributed by atoms with van der Waals surface area (Å²) in [6, 6.07) is 25.4. The Kier molecular flexibility index (Phi) is 7.78. The van der Waals surface area contributed by atoms with Crippen LogP contribution in [0.5, 0.6) is 0 Å². The monoisotopic (exact) mass is 460 g/mol. The first-order chi connectivity index (χ1) is 12.6. The smallest absolute Gasteiger partial charge is 0.274 e. The third kappa shape index (κ3) is 5.98. The Balaban J connectivity index is 0.000000209. The maximum Gasteiger partial charge on any atom is 0.274 e. The molecule has 26 heavy (non-hydrogen) atoms. The number of para-hydroxylation sites is 1. The minimum Gasteiger partial charge on any atom is -0.322 e. The Bertz CT molecular complexity index is 855. The lowest BCUT2D eigenvalue weighted by Crippen LogP contribution is -2.18. The van der Waals surface area contributed by atoms with Crippen molar-refractivity contribution in [1.82, 2.24) is 5.48 Å². The fourth-order valence-electron chi connectivity index (χ4n) is 2.02. The van der Waals surface area contributed by atoms with Crippen LogP contribution in [0.25, 0.3) is 0 Å². The van der Waals surface area contributed by atoms with Crippen molar-refractivity contribution in [3.63, 3.8) is 0 Å². The average molecular weight is 460 g/mol. The number of benzene rings is 3. The summed E-state index contributed by atoms with van der Waals surface area (Å²) in [4.78, 5) is 22.6. The molecule has 3 aromatic rings. The number of amides is 2. The van der Waals surface area contributed by atoms with Crippen LogP contribution in [0, 0.1) is 3.57 Å². The Morgan fingerprint density at radius 2 is 1.27 bits per heavy atom. The molecule has 0 aliphatic carbocycles. The van der Waals surface area contributed by atoms with Crippen LogP contribution in [0.4, 0.5) is 5.69 Å². The highest BCUT2D eigenvalue weighted by Crippen LogP contribution is 2.14. The molecule has 3 aromatic carbocycles. The molecule has 0 aromatic heterocycles. The van der Waals surface area contributed by atoms with Gasteiger partial charge in [-0.25, -0.2) is 5.48 Å². The molecule has 0 radical (unpaired) electrons. The van der Waals surface area contributed by atoms with Gasteiger partial charge in [0.15, 0.2) is 0 Å². The number of anilines is 1. The number of hydroxylamine groups is 1. The first-order valence-corrected chi connectivity index (χ1v) is 8.80. The molecule has 0 fully saturated rings. The average Bonchev–Trinajstić information content (AvgIpc) is 2.69. The number of carbonyl (C=O) groups excluding carboxylic acids is 2. The van der Waals surface area contributed by atoms with Gasteiger partial charge in [-0.1, -0.05) is 48.5 Å². The SMILES string of the molecule is O=C(NO)c1ccccc1.O=C(Nc1ccccc1)c1ccccc1I. The lowest BCUT2D eigenvalue weighted by Gasteiger charge is -2.06. The van der Waals surface area contributed by atoms with Crippen molar-refractivity contribution in [2.24, 2.45) is 0 Å². The summed E-state index contributed by atoms with van der Waals surface area (Å²) < 4.78 is 0.952. The maximum absolute atomic E-state index is 11.9. The van der Waals surface area contributed by atoms with E-state index < -0.39 is 5.91 Å². The Morgan fingerprint density at radius 1 is 0.731 bits per heavy atom. The molecule has 0 bridgehead atoms. The van der Waals surface area contributed by atoms with Gasteiger partial charge >= 0.3 is 0 Å². The Labute approximate surface area is 165 Å². The Hall–Kier alpha value is -2.71. The topological polar surface area (TPSA) is 78.4 Å². The van der Waals surface area contributed by atoms with Crippen molar-refractivity contribution in [2.45, 2.75) is 0 Å². The van der Waals surface area contributed by atoms with E-state index >= 15 is 0 Å². The first kappa shape index (κ1) is 19.6. The lowest BCUT2D eigenvalue weighted by atomic mass is 10.2. The molecular formula is C20H17IN2O3. The Morgan fingerprint density at radius 3 is 1.85 bits per heavy atom. The van der Waals surface area contributed by atoms with Crippen molar-refractivity contribution >= 4 is 40.1 Å². The standard InChI is InChI=1S/C13H10INO.C7H7NO2/c14-12-9-5-4-8-11(12)13(16)15-10-6-2-1-3-7-10;9-7(8-10)6-4-2-1-3-5-6/h1-9H,(H,15,16);1-5,10H,(H,8,9). The number of rotatable bonds is 3. The molecule has 3 N–H and O–H groups in total. The van der Waals surface area contributed by atoms with Gasteiger partial charge in [0.1, 0.15) is 0 Å². The van der Waals surface area contributed by atoms with Gasteiger partial charge in [-0.2, -0.15) is 0 Å². The van der Waals surface area contributed by atoms with Crippen molar-refractivity contribution < 1.29 is 14.8 Å². The molecule has 0 aliphatic heterocycles. The van der Waals surface area contributed by atoms with Crippen LogP contribution < -0.4 is 10.8 Å². The molecular weight excluding hydrogens is 443 g/mol. The van der Waals surface area contributed by atoms with Crippen LogP contribution in [-0.4, -0.2) is 17.0 Å². The molecule has 6 heteroatoms. The van der Waals surface area contributed by atoms with Crippen LogP contribution in [0.3, 0.4) is 0 Å². The minimum atomic E-state index is -0.486. The molecule has 0 aliphatic rings. The highest BCUT2D eigenvalue weighted by atomic mass is 127. The van der Waals surface area contributed by atoms with Gasteiger partial charge in [-0.05, 0) is 59.0 Å². The summed E-state index contributed by atoms with van der Waals surface area (Å²) in [5, 5.41) is 11.0. The summed E-state index contributed by atoms with van der Waals surface area (Å²) in [6.45, 7) is 0. The van der Waals surface area contributed by atoms with Gasteiger partial charge in [-0.3, -0.25) is 14.8 Å². The summed E-state index contributed by atoms with van der Waals surface area (Å²) in [5.74, 6) is -0.559. The number of halogens is 1. The zero-order valence-corrected chi connectivity index (χ0v) is 15.9. The van der Waals surface area contributed by atoms with E-state index in [0.29, 0.717) is 11.1 Å². The molecule has 3 rings (SSSR count). The highest BCUT2D eigenvalue weighted by molar-refractivity contribution is 14.1. The van der Waals surface area contributed by atoms with Crippen molar-refractivity contribution in [2.75, 3.05) is 5.32 Å². The van der Waals surface area contributed by atoms with Gasteiger partial charge in [0.2, 0.25) is 0 Å². The van der Waals surface area contributed by atoms with Gasteiger partial charge in [0.25, 0.3) is 11.8 Å². The first-order valence-electron chi connectivity index (χ1n) is 7.72. The van der Waals surface area contributed by atoms with Crippen LogP contribution in [0.2, 0.25) is 0 Å². The summed E-state index contributed by atoms with van der Waals surface area (Å²) in [7, 11) is 0. The van der Waals surface area contributed by atoms with Crippen molar-refractivity contribution in [1.29, 1.82) is 0 Å². The number of nitrogens with one attached hydrogen (secondary N) is 2. The van der Waals surface area contributed by atoms with E-state index in [1.165, 1.54) is 0 Å². The van der Waals surface area contributed by atoms with E-state index in [2.05, 4.69) is 27.9 Å². The van der Waals surface area contributed by atoms with E-state index in [1.807, 2.05) is 54.6 Å². The van der Waals surface area contributed by atoms with Crippen LogP contribution in [0.15, 0.2) is 84.9 Å². The zero-order chi connectivity index (χ0) is 18.8. The molecule has 0 unspecified atom stereocenters. The number of hydrogen-bond donors (Lipinski definition) is 3. The molecule has 0 saturated carbocycles. The van der Waals surface area contributed by atoms with E-state index in [1.54, 1.807) is 35.8 Å². The molecule has 0 heterocycles. The number of carbonyl (C=O) groups is 2. The second kappa shape index (κ2) is 10.3. The zero-order valence-electron chi connectivity index (χ0n) is 13.7. The van der Waals surface area contributed by atoms with Gasteiger partial charge < -0.3 is 5.32 Å². The second-order valence-electron chi connectivity index (χ2n) is 5.11. The molecule has 132 valence electrons. The summed E-state index contributed by atoms with van der Waals surface area (Å²) in [5.41, 5.74) is 3.50. The van der Waals surface area contributed by atoms with E-state index in [-0.39, 0.29) is 5.91 Å². The quantitative estimate of drug-likeness (QED) is 0.309. The fourth-order valence-corrected chi connectivity index (χ4v) is 2.65. The fraction of sp³-hybridized carbons (Fsp3) is 0. The molecule has 0 spiro atoms. The molecule has 0 saturated heterocycles. The third-order valence-corrected chi connectivity index (χ3v) is 4.23. The van der Waals surface area contributed by atoms with Crippen LogP contribution in [0.1, 0.15) is 20.7 Å². The largest absolute Gasteiger partial charge is 0.322 e. The van der Waals surface area contributed by atoms with E-state index in [9.17, 15) is 9.59 Å². The molecule has 0 atom stereocenters. The number of hydrogen-bond acceptors (Lipinski definition) is 3. The minimum absolute atomic E-state index is 0.0730. The van der Waals surface area contributed by atoms with Crippen LogP contribution in [-0.2, 0) is 0 Å². The van der Waals surface area contributed by atoms with Gasteiger partial charge in [0, 0.05) is 14.8 Å². The predicted octanol–water partition coefficient (Wildman–Crippen LogP) is 4.35. The van der Waals surface area contributed by atoms with Crippen molar-refractivity contribution in [3.8, 4) is 0 Å². The normalized spacial score (nSPS) is 9.46. The lowest BCUT2D eigenvalue weighted by molar-refractivity contribution is 0.0706. The summed E-state index contributed by atoms with van der Waals surface area (Å²) >= 11 is 2.16. The maximum atomic E-state index is 11.9. The highest BCUT2D eigenvalue weighted by Gasteiger charge is 2.08. The van der Waals surface area contributed by atoms with Crippen LogP contribution >= 0.6 is 22.6 Å².